The zero-order valence-corrected chi connectivity index (χ0v) is 16.4. The van der Waals surface area contributed by atoms with Crippen LogP contribution in [-0.2, 0) is 12.8 Å². The quantitative estimate of drug-likeness (QED) is 0.636. The normalized spacial score (nSPS) is 15.0. The Hall–Kier alpha value is -2.13. The van der Waals surface area contributed by atoms with Crippen LogP contribution in [0.4, 0.5) is 0 Å². The number of para-hydroxylation sites is 1. The number of aliphatic hydroxyl groups is 1. The van der Waals surface area contributed by atoms with Gasteiger partial charge in [0.1, 0.15) is 5.75 Å². The van der Waals surface area contributed by atoms with Gasteiger partial charge in [0, 0.05) is 6.42 Å². The lowest BCUT2D eigenvalue weighted by Crippen LogP contribution is -2.14. The van der Waals surface area contributed by atoms with E-state index in [0.717, 1.165) is 25.7 Å². The van der Waals surface area contributed by atoms with Gasteiger partial charge in [0.25, 0.3) is 0 Å². The van der Waals surface area contributed by atoms with E-state index in [1.54, 1.807) is 0 Å². The standard InChI is InChI=1S/C24H30O3/c1-17(2)27-24-10-6-5-9-22(24)23(26)14-13-21(25)12-11-18-15-19-7-3-4-8-20(19)16-18/h3-10,17-18,21,25H,11-16H2,1-2H3. The minimum absolute atomic E-state index is 0.0278. The number of ether oxygens (including phenoxy) is 1. The van der Waals surface area contributed by atoms with Crippen LogP contribution in [0.25, 0.3) is 0 Å². The maximum atomic E-state index is 12.6. The Morgan fingerprint density at radius 1 is 1.04 bits per heavy atom. The van der Waals surface area contributed by atoms with Crippen LogP contribution in [0.2, 0.25) is 0 Å². The Bertz CT molecular complexity index is 741. The smallest absolute Gasteiger partial charge is 0.166 e. The molecule has 2 aromatic carbocycles. The summed E-state index contributed by atoms with van der Waals surface area (Å²) in [6.45, 7) is 3.90. The third kappa shape index (κ3) is 5.43. The van der Waals surface area contributed by atoms with Crippen LogP contribution in [-0.4, -0.2) is 23.1 Å². The van der Waals surface area contributed by atoms with Crippen molar-refractivity contribution in [3.05, 3.63) is 65.2 Å². The zero-order valence-electron chi connectivity index (χ0n) is 16.4. The molecule has 0 heterocycles. The van der Waals surface area contributed by atoms with E-state index in [4.69, 9.17) is 4.74 Å². The number of ketones is 1. The van der Waals surface area contributed by atoms with Gasteiger partial charge in [-0.2, -0.15) is 0 Å². The Morgan fingerprint density at radius 2 is 1.67 bits per heavy atom. The summed E-state index contributed by atoms with van der Waals surface area (Å²) < 4.78 is 5.74. The minimum atomic E-state index is -0.421. The summed E-state index contributed by atoms with van der Waals surface area (Å²) in [5, 5.41) is 10.4. The molecule has 0 amide bonds. The number of benzene rings is 2. The number of carbonyl (C=O) groups excluding carboxylic acids is 1. The van der Waals surface area contributed by atoms with Crippen LogP contribution in [0, 0.1) is 5.92 Å². The summed E-state index contributed by atoms with van der Waals surface area (Å²) in [6.07, 6.45) is 4.46. The van der Waals surface area contributed by atoms with Crippen molar-refractivity contribution in [2.45, 2.75) is 64.6 Å². The molecule has 0 aliphatic heterocycles. The van der Waals surface area contributed by atoms with Gasteiger partial charge in [-0.1, -0.05) is 36.4 Å². The molecule has 1 aliphatic rings. The Labute approximate surface area is 162 Å². The highest BCUT2D eigenvalue weighted by Crippen LogP contribution is 2.30. The summed E-state index contributed by atoms with van der Waals surface area (Å²) in [5.74, 6) is 1.29. The molecule has 3 nitrogen and oxygen atoms in total. The van der Waals surface area contributed by atoms with Crippen LogP contribution in [0.3, 0.4) is 0 Å². The largest absolute Gasteiger partial charge is 0.490 e. The molecule has 0 aromatic heterocycles. The van der Waals surface area contributed by atoms with Gasteiger partial charge in [-0.3, -0.25) is 4.79 Å². The van der Waals surface area contributed by atoms with Gasteiger partial charge in [-0.05, 0) is 75.1 Å². The number of hydrogen-bond donors (Lipinski definition) is 1. The van der Waals surface area contributed by atoms with E-state index in [0.29, 0.717) is 30.1 Å². The lowest BCUT2D eigenvalue weighted by atomic mass is 9.95. The van der Waals surface area contributed by atoms with E-state index >= 15 is 0 Å². The molecule has 0 spiro atoms. The molecule has 144 valence electrons. The Kier molecular flexibility index (Phi) is 6.68. The average molecular weight is 367 g/mol. The zero-order chi connectivity index (χ0) is 19.2. The van der Waals surface area contributed by atoms with Crippen LogP contribution < -0.4 is 4.74 Å². The highest BCUT2D eigenvalue weighted by molar-refractivity contribution is 5.98. The molecule has 1 atom stereocenters. The molecule has 0 fully saturated rings. The summed E-state index contributed by atoms with van der Waals surface area (Å²) >= 11 is 0. The molecule has 3 heteroatoms. The van der Waals surface area contributed by atoms with E-state index in [2.05, 4.69) is 24.3 Å². The summed E-state index contributed by atoms with van der Waals surface area (Å²) in [5.41, 5.74) is 3.52. The van der Waals surface area contributed by atoms with Gasteiger partial charge in [-0.25, -0.2) is 0 Å². The van der Waals surface area contributed by atoms with E-state index in [-0.39, 0.29) is 11.9 Å². The summed E-state index contributed by atoms with van der Waals surface area (Å²) in [6, 6.07) is 16.0. The van der Waals surface area contributed by atoms with Gasteiger partial charge in [0.2, 0.25) is 0 Å². The van der Waals surface area contributed by atoms with Crippen molar-refractivity contribution in [3.63, 3.8) is 0 Å². The molecule has 0 saturated heterocycles. The first-order valence-electron chi connectivity index (χ1n) is 10.1. The fourth-order valence-electron chi connectivity index (χ4n) is 3.91. The molecular formula is C24H30O3. The molecule has 2 aromatic rings. The van der Waals surface area contributed by atoms with E-state index in [9.17, 15) is 9.90 Å². The van der Waals surface area contributed by atoms with Crippen molar-refractivity contribution in [2.24, 2.45) is 5.92 Å². The number of rotatable bonds is 9. The van der Waals surface area contributed by atoms with Crippen molar-refractivity contribution >= 4 is 5.78 Å². The van der Waals surface area contributed by atoms with Gasteiger partial charge in [0.05, 0.1) is 17.8 Å². The summed E-state index contributed by atoms with van der Waals surface area (Å²) in [4.78, 5) is 12.6. The van der Waals surface area contributed by atoms with Crippen molar-refractivity contribution in [2.75, 3.05) is 0 Å². The fourth-order valence-corrected chi connectivity index (χ4v) is 3.91. The SMILES string of the molecule is CC(C)Oc1ccccc1C(=O)CCC(O)CCC1Cc2ccccc2C1. The van der Waals surface area contributed by atoms with Crippen LogP contribution in [0.5, 0.6) is 5.75 Å². The average Bonchev–Trinajstić information content (AvgIpc) is 3.07. The van der Waals surface area contributed by atoms with Gasteiger partial charge in [-0.15, -0.1) is 0 Å². The van der Waals surface area contributed by atoms with E-state index in [1.165, 1.54) is 11.1 Å². The predicted octanol–water partition coefficient (Wildman–Crippen LogP) is 4.99. The molecule has 0 bridgehead atoms. The number of aliphatic hydroxyl groups excluding tert-OH is 1. The van der Waals surface area contributed by atoms with Gasteiger partial charge < -0.3 is 9.84 Å². The number of hydrogen-bond acceptors (Lipinski definition) is 3. The topological polar surface area (TPSA) is 46.5 Å². The van der Waals surface area contributed by atoms with Gasteiger partial charge in [0.15, 0.2) is 5.78 Å². The molecule has 3 rings (SSSR count). The molecule has 1 unspecified atom stereocenters. The first-order valence-corrected chi connectivity index (χ1v) is 10.1. The second-order valence-electron chi connectivity index (χ2n) is 7.90. The van der Waals surface area contributed by atoms with Crippen LogP contribution >= 0.6 is 0 Å². The molecular weight excluding hydrogens is 336 g/mol. The first-order chi connectivity index (χ1) is 13.0. The minimum Gasteiger partial charge on any atom is -0.490 e. The van der Waals surface area contributed by atoms with Gasteiger partial charge >= 0.3 is 0 Å². The molecule has 1 N–H and O–H groups in total. The second-order valence-corrected chi connectivity index (χ2v) is 7.90. The van der Waals surface area contributed by atoms with Crippen LogP contribution in [0.1, 0.15) is 61.0 Å². The predicted molar refractivity (Wildman–Crippen MR) is 108 cm³/mol. The van der Waals surface area contributed by atoms with Crippen molar-refractivity contribution in [1.29, 1.82) is 0 Å². The monoisotopic (exact) mass is 366 g/mol. The highest BCUT2D eigenvalue weighted by atomic mass is 16.5. The number of carbonyl (C=O) groups is 1. The van der Waals surface area contributed by atoms with Crippen molar-refractivity contribution in [1.82, 2.24) is 0 Å². The van der Waals surface area contributed by atoms with E-state index < -0.39 is 6.10 Å². The Balaban J connectivity index is 1.44. The molecule has 0 radical (unpaired) electrons. The second kappa shape index (κ2) is 9.18. The highest BCUT2D eigenvalue weighted by Gasteiger charge is 2.22. The molecule has 1 aliphatic carbocycles. The van der Waals surface area contributed by atoms with Crippen molar-refractivity contribution in [3.8, 4) is 5.75 Å². The van der Waals surface area contributed by atoms with E-state index in [1.807, 2.05) is 38.1 Å². The molecule has 27 heavy (non-hydrogen) atoms. The lowest BCUT2D eigenvalue weighted by molar-refractivity contribution is 0.0921. The molecule has 0 saturated carbocycles. The maximum Gasteiger partial charge on any atom is 0.166 e. The Morgan fingerprint density at radius 3 is 2.33 bits per heavy atom. The first kappa shape index (κ1) is 19.6. The number of fused-ring (bicyclic) bond motifs is 1. The maximum absolute atomic E-state index is 12.6. The lowest BCUT2D eigenvalue weighted by Gasteiger charge is -2.15. The fraction of sp³-hybridized carbons (Fsp3) is 0.458. The van der Waals surface area contributed by atoms with Crippen molar-refractivity contribution < 1.29 is 14.6 Å². The number of Topliss-reactive ketones (excluding diaryl/α,β-unsaturated/α-hetero) is 1. The third-order valence-corrected chi connectivity index (χ3v) is 5.30. The third-order valence-electron chi connectivity index (χ3n) is 5.30. The van der Waals surface area contributed by atoms with Crippen LogP contribution in [0.15, 0.2) is 48.5 Å². The summed E-state index contributed by atoms with van der Waals surface area (Å²) in [7, 11) is 0.